The van der Waals surface area contributed by atoms with Gasteiger partial charge in [-0.05, 0) is 42.7 Å². The predicted octanol–water partition coefficient (Wildman–Crippen LogP) is 2.80. The van der Waals surface area contributed by atoms with Gasteiger partial charge in [-0.25, -0.2) is 0 Å². The number of aliphatic hydroxyl groups is 1. The lowest BCUT2D eigenvalue weighted by molar-refractivity contribution is -0.164. The number of hydrogen-bond acceptors (Lipinski definition) is 6. The fourth-order valence-electron chi connectivity index (χ4n) is 3.94. The van der Waals surface area contributed by atoms with Crippen molar-refractivity contribution < 1.29 is 29.6 Å². The van der Waals surface area contributed by atoms with Crippen molar-refractivity contribution in [2.75, 3.05) is 13.1 Å². The predicted molar refractivity (Wildman–Crippen MR) is 115 cm³/mol. The van der Waals surface area contributed by atoms with E-state index in [0.29, 0.717) is 39.1 Å². The molecule has 8 heteroatoms. The number of piperidine rings is 1. The first-order valence-electron chi connectivity index (χ1n) is 10.3. The van der Waals surface area contributed by atoms with Gasteiger partial charge >= 0.3 is 5.97 Å². The van der Waals surface area contributed by atoms with Crippen molar-refractivity contribution >= 4 is 12.4 Å². The minimum Gasteiger partial charge on any atom is -0.487 e. The summed E-state index contributed by atoms with van der Waals surface area (Å²) < 4.78 is 5.84. The molecule has 8 nitrogen and oxygen atoms in total. The van der Waals surface area contributed by atoms with E-state index in [1.807, 2.05) is 49.4 Å². The Hall–Kier alpha value is -2.97. The molecule has 1 fully saturated rings. The normalized spacial score (nSPS) is 20.9. The maximum Gasteiger partial charge on any atom is 0.313 e. The number of carboxylic acids is 1. The summed E-state index contributed by atoms with van der Waals surface area (Å²) in [6.07, 6.45) is 2.63. The highest BCUT2D eigenvalue weighted by Crippen LogP contribution is 2.36. The second kappa shape index (κ2) is 12.0. The molecule has 2 aromatic rings. The molecule has 1 aliphatic rings. The highest BCUT2D eigenvalue weighted by atomic mass is 16.5. The van der Waals surface area contributed by atoms with Crippen molar-refractivity contribution in [3.8, 4) is 5.75 Å². The molecule has 31 heavy (non-hydrogen) atoms. The molecular weight excluding hydrogens is 400 g/mol. The van der Waals surface area contributed by atoms with Crippen LogP contribution in [0.4, 0.5) is 0 Å². The Kier molecular flexibility index (Phi) is 9.42. The lowest BCUT2D eigenvalue weighted by atomic mass is 9.74. The number of aliphatic carboxylic acids is 1. The second-order valence-corrected chi connectivity index (χ2v) is 7.59. The van der Waals surface area contributed by atoms with Gasteiger partial charge in [0.2, 0.25) is 0 Å². The van der Waals surface area contributed by atoms with Crippen LogP contribution < -0.4 is 4.74 Å². The summed E-state index contributed by atoms with van der Waals surface area (Å²) in [6.45, 7) is 3.78. The number of likely N-dealkylation sites (tertiary alicyclic amines) is 1. The van der Waals surface area contributed by atoms with Gasteiger partial charge in [-0.15, -0.1) is 0 Å². The molecular formula is C23H30N2O6. The average molecular weight is 431 g/mol. The fraction of sp³-hybridized carbons (Fsp3) is 0.435. The van der Waals surface area contributed by atoms with Crippen LogP contribution in [0.25, 0.3) is 0 Å². The van der Waals surface area contributed by atoms with Crippen LogP contribution in [0.1, 0.15) is 37.4 Å². The van der Waals surface area contributed by atoms with Crippen LogP contribution in [-0.2, 0) is 22.7 Å². The molecule has 0 unspecified atom stereocenters. The van der Waals surface area contributed by atoms with Crippen molar-refractivity contribution in [2.24, 2.45) is 5.41 Å². The first-order valence-corrected chi connectivity index (χ1v) is 10.3. The first-order chi connectivity index (χ1) is 14.9. The Morgan fingerprint density at radius 3 is 2.74 bits per heavy atom. The molecule has 168 valence electrons. The summed E-state index contributed by atoms with van der Waals surface area (Å²) in [5.41, 5.74) is 0.842. The second-order valence-electron chi connectivity index (χ2n) is 7.59. The monoisotopic (exact) mass is 430 g/mol. The molecule has 0 bridgehead atoms. The minimum absolute atomic E-state index is 0.250. The zero-order valence-electron chi connectivity index (χ0n) is 17.7. The van der Waals surface area contributed by atoms with Crippen LogP contribution in [0.2, 0.25) is 0 Å². The number of rotatable bonds is 8. The molecule has 1 aromatic carbocycles. The van der Waals surface area contributed by atoms with Crippen molar-refractivity contribution in [1.29, 1.82) is 0 Å². The van der Waals surface area contributed by atoms with E-state index in [2.05, 4.69) is 9.88 Å². The highest BCUT2D eigenvalue weighted by Gasteiger charge is 2.48. The van der Waals surface area contributed by atoms with Gasteiger partial charge in [0.05, 0.1) is 11.8 Å². The van der Waals surface area contributed by atoms with Gasteiger partial charge in [0.1, 0.15) is 17.8 Å². The van der Waals surface area contributed by atoms with E-state index in [1.54, 1.807) is 6.20 Å². The van der Waals surface area contributed by atoms with Gasteiger partial charge in [-0.2, -0.15) is 0 Å². The van der Waals surface area contributed by atoms with Crippen molar-refractivity contribution in [2.45, 2.75) is 45.4 Å². The summed E-state index contributed by atoms with van der Waals surface area (Å²) in [6, 6.07) is 13.6. The summed E-state index contributed by atoms with van der Waals surface area (Å²) in [5.74, 6) is -0.141. The van der Waals surface area contributed by atoms with Crippen LogP contribution >= 0.6 is 0 Å². The molecule has 1 aliphatic heterocycles. The van der Waals surface area contributed by atoms with E-state index in [1.165, 1.54) is 0 Å². The Morgan fingerprint density at radius 2 is 2.10 bits per heavy atom. The van der Waals surface area contributed by atoms with Crippen LogP contribution in [0.3, 0.4) is 0 Å². The molecule has 3 rings (SSSR count). The molecule has 1 aromatic heterocycles. The molecule has 3 N–H and O–H groups in total. The number of benzene rings is 1. The van der Waals surface area contributed by atoms with Crippen molar-refractivity contribution in [1.82, 2.24) is 9.88 Å². The third-order valence-electron chi connectivity index (χ3n) is 5.40. The van der Waals surface area contributed by atoms with Gasteiger partial charge in [0, 0.05) is 25.8 Å². The number of hydrogen-bond donors (Lipinski definition) is 3. The highest BCUT2D eigenvalue weighted by molar-refractivity contribution is 5.76. The summed E-state index contributed by atoms with van der Waals surface area (Å²) in [4.78, 5) is 26.7. The molecule has 2 heterocycles. The number of pyridine rings is 1. The van der Waals surface area contributed by atoms with Gasteiger partial charge in [0.25, 0.3) is 6.47 Å². The Balaban J connectivity index is 0.00000107. The molecule has 0 radical (unpaired) electrons. The zero-order valence-corrected chi connectivity index (χ0v) is 17.7. The summed E-state index contributed by atoms with van der Waals surface area (Å²) >= 11 is 0. The Morgan fingerprint density at radius 1 is 1.32 bits per heavy atom. The van der Waals surface area contributed by atoms with Crippen molar-refractivity contribution in [3.63, 3.8) is 0 Å². The van der Waals surface area contributed by atoms with E-state index < -0.39 is 17.5 Å². The average Bonchev–Trinajstić information content (AvgIpc) is 2.76. The van der Waals surface area contributed by atoms with Crippen LogP contribution in [-0.4, -0.2) is 56.8 Å². The molecule has 0 amide bonds. The zero-order chi connectivity index (χ0) is 22.7. The minimum atomic E-state index is -1.08. The fourth-order valence-corrected chi connectivity index (χ4v) is 3.94. The third kappa shape index (κ3) is 6.77. The largest absolute Gasteiger partial charge is 0.487 e. The Labute approximate surface area is 182 Å². The van der Waals surface area contributed by atoms with Gasteiger partial charge in [-0.3, -0.25) is 19.5 Å². The summed E-state index contributed by atoms with van der Waals surface area (Å²) in [5, 5.41) is 27.1. The Bertz CT molecular complexity index is 832. The lowest BCUT2D eigenvalue weighted by Crippen LogP contribution is -2.55. The SMILES string of the molecule is CCC[C@@]1(C(=O)O)CN(Cc2cccc(OCc3ccccn3)c2)CC[C@H]1O.O=CO. The van der Waals surface area contributed by atoms with Crippen LogP contribution in [0, 0.1) is 5.41 Å². The number of aliphatic hydroxyl groups excluding tert-OH is 1. The smallest absolute Gasteiger partial charge is 0.313 e. The quantitative estimate of drug-likeness (QED) is 0.547. The molecule has 0 saturated carbocycles. The maximum absolute atomic E-state index is 11.9. The lowest BCUT2D eigenvalue weighted by Gasteiger charge is -2.43. The van der Waals surface area contributed by atoms with E-state index in [9.17, 15) is 15.0 Å². The van der Waals surface area contributed by atoms with E-state index in [0.717, 1.165) is 23.4 Å². The van der Waals surface area contributed by atoms with Crippen LogP contribution in [0.15, 0.2) is 48.7 Å². The number of carbonyl (C=O) groups is 2. The number of nitrogens with zero attached hydrogens (tertiary/aromatic N) is 2. The first kappa shape index (κ1) is 24.3. The van der Waals surface area contributed by atoms with E-state index in [-0.39, 0.29) is 6.47 Å². The number of carboxylic acid groups (broad SMARTS) is 2. The van der Waals surface area contributed by atoms with Gasteiger partial charge < -0.3 is 20.1 Å². The standard InChI is InChI=1S/C22H28N2O4.CH2O2/c1-2-10-22(21(26)27)16-24(12-9-20(22)25)14-17-6-5-8-19(13-17)28-15-18-7-3-4-11-23-18;2-1-3/h3-8,11,13,20,25H,2,9-10,12,14-16H2,1H3,(H,26,27);1H,(H,2,3)/t20-,22-;/m1./s1. The third-order valence-corrected chi connectivity index (χ3v) is 5.40. The van der Waals surface area contributed by atoms with Gasteiger partial charge in [0.15, 0.2) is 0 Å². The number of aromatic nitrogens is 1. The molecule has 1 saturated heterocycles. The van der Waals surface area contributed by atoms with Crippen LogP contribution in [0.5, 0.6) is 5.75 Å². The molecule has 2 atom stereocenters. The molecule has 0 aliphatic carbocycles. The maximum atomic E-state index is 11.9. The topological polar surface area (TPSA) is 120 Å². The number of ether oxygens (including phenoxy) is 1. The summed E-state index contributed by atoms with van der Waals surface area (Å²) in [7, 11) is 0. The van der Waals surface area contributed by atoms with Crippen molar-refractivity contribution in [3.05, 3.63) is 59.9 Å². The van der Waals surface area contributed by atoms with E-state index >= 15 is 0 Å². The molecule has 0 spiro atoms. The van der Waals surface area contributed by atoms with E-state index in [4.69, 9.17) is 14.6 Å². The van der Waals surface area contributed by atoms with Gasteiger partial charge in [-0.1, -0.05) is 31.5 Å².